The van der Waals surface area contributed by atoms with Crippen molar-refractivity contribution in [2.24, 2.45) is 5.92 Å². The van der Waals surface area contributed by atoms with E-state index < -0.39 is 0 Å². The molecule has 0 saturated carbocycles. The molecule has 1 aliphatic heterocycles. The smallest absolute Gasteiger partial charge is 0.274 e. The summed E-state index contributed by atoms with van der Waals surface area (Å²) in [7, 11) is 0. The van der Waals surface area contributed by atoms with Gasteiger partial charge in [0.15, 0.2) is 5.69 Å². The Morgan fingerprint density at radius 1 is 1.31 bits per heavy atom. The number of nitrogens with one attached hydrogen (secondary N) is 1. The van der Waals surface area contributed by atoms with E-state index in [4.69, 9.17) is 5.10 Å². The van der Waals surface area contributed by atoms with Crippen LogP contribution in [0.4, 0.5) is 0 Å². The molecule has 4 rings (SSSR count). The van der Waals surface area contributed by atoms with E-state index in [1.807, 2.05) is 23.4 Å². The highest BCUT2D eigenvalue weighted by molar-refractivity contribution is 5.94. The van der Waals surface area contributed by atoms with Crippen molar-refractivity contribution < 1.29 is 4.79 Å². The minimum Gasteiger partial charge on any atom is -0.337 e. The first-order valence-electron chi connectivity index (χ1n) is 11.1. The summed E-state index contributed by atoms with van der Waals surface area (Å²) in [5.74, 6) is 0.654. The molecule has 6 heteroatoms. The minimum atomic E-state index is 0.136. The number of nitrogens with zero attached hydrogens (tertiary/aromatic N) is 4. The van der Waals surface area contributed by atoms with E-state index in [-0.39, 0.29) is 5.91 Å². The number of pyridine rings is 1. The summed E-state index contributed by atoms with van der Waals surface area (Å²) in [4.78, 5) is 19.3. The van der Waals surface area contributed by atoms with Gasteiger partial charge in [-0.15, -0.1) is 0 Å². The zero-order chi connectivity index (χ0) is 20.2. The number of carbonyl (C=O) groups excluding carboxylic acids is 1. The van der Waals surface area contributed by atoms with Crippen LogP contribution in [0.2, 0.25) is 0 Å². The summed E-state index contributed by atoms with van der Waals surface area (Å²) >= 11 is 0. The molecule has 1 fully saturated rings. The molecule has 0 bridgehead atoms. The first-order valence-corrected chi connectivity index (χ1v) is 11.1. The third kappa shape index (κ3) is 4.69. The number of hydrogen-bond acceptors (Lipinski definition) is 4. The maximum Gasteiger partial charge on any atom is 0.274 e. The van der Waals surface area contributed by atoms with Crippen LogP contribution in [0.3, 0.4) is 0 Å². The Morgan fingerprint density at radius 3 is 2.86 bits per heavy atom. The zero-order valence-electron chi connectivity index (χ0n) is 17.7. The van der Waals surface area contributed by atoms with Gasteiger partial charge in [0, 0.05) is 49.3 Å². The third-order valence-corrected chi connectivity index (χ3v) is 6.05. The maximum absolute atomic E-state index is 13.1. The second-order valence-electron chi connectivity index (χ2n) is 8.85. The first-order chi connectivity index (χ1) is 14.1. The fourth-order valence-corrected chi connectivity index (χ4v) is 4.57. The van der Waals surface area contributed by atoms with Crippen molar-refractivity contribution in [2.75, 3.05) is 19.6 Å². The number of aromatic nitrogens is 3. The predicted molar refractivity (Wildman–Crippen MR) is 114 cm³/mol. The monoisotopic (exact) mass is 395 g/mol. The maximum atomic E-state index is 13.1. The molecule has 1 N–H and O–H groups in total. The van der Waals surface area contributed by atoms with Crippen LogP contribution in [0, 0.1) is 5.92 Å². The summed E-state index contributed by atoms with van der Waals surface area (Å²) < 4.78 is 2.12. The second kappa shape index (κ2) is 9.08. The van der Waals surface area contributed by atoms with E-state index in [0.717, 1.165) is 64.7 Å². The highest BCUT2D eigenvalue weighted by Gasteiger charge is 2.31. The van der Waals surface area contributed by atoms with Gasteiger partial charge in [0.2, 0.25) is 0 Å². The van der Waals surface area contributed by atoms with Crippen LogP contribution in [-0.4, -0.2) is 51.2 Å². The molecule has 29 heavy (non-hydrogen) atoms. The lowest BCUT2D eigenvalue weighted by molar-refractivity contribution is 0.0784. The lowest BCUT2D eigenvalue weighted by Gasteiger charge is -2.25. The van der Waals surface area contributed by atoms with Gasteiger partial charge in [-0.2, -0.15) is 5.10 Å². The van der Waals surface area contributed by atoms with Crippen LogP contribution in [0.5, 0.6) is 0 Å². The van der Waals surface area contributed by atoms with Crippen molar-refractivity contribution in [3.05, 3.63) is 47.0 Å². The Morgan fingerprint density at radius 2 is 2.14 bits per heavy atom. The number of likely N-dealkylation sites (tertiary alicyclic amines) is 1. The van der Waals surface area contributed by atoms with Gasteiger partial charge in [0.1, 0.15) is 0 Å². The summed E-state index contributed by atoms with van der Waals surface area (Å²) in [6.45, 7) is 7.98. The fraction of sp³-hybridized carbons (Fsp3) is 0.609. The molecule has 2 aromatic heterocycles. The van der Waals surface area contributed by atoms with Gasteiger partial charge in [-0.3, -0.25) is 14.5 Å². The number of rotatable bonds is 7. The molecule has 1 atom stereocenters. The van der Waals surface area contributed by atoms with Crippen LogP contribution in [-0.2, 0) is 25.8 Å². The molecule has 1 amide bonds. The molecule has 6 nitrogen and oxygen atoms in total. The average Bonchev–Trinajstić information content (AvgIpc) is 3.37. The fourth-order valence-electron chi connectivity index (χ4n) is 4.57. The van der Waals surface area contributed by atoms with Gasteiger partial charge in [-0.1, -0.05) is 19.9 Å². The molecule has 2 aromatic rings. The summed E-state index contributed by atoms with van der Waals surface area (Å²) in [5.41, 5.74) is 4.44. The van der Waals surface area contributed by atoms with Crippen molar-refractivity contribution in [1.82, 2.24) is 25.0 Å². The SMILES string of the molecule is CC(C)Cn1nc(C(=O)N2CCCC2)c2c1CCC(NCCc1cccnc1)C2. The average molecular weight is 396 g/mol. The van der Waals surface area contributed by atoms with Crippen LogP contribution in [0.25, 0.3) is 0 Å². The highest BCUT2D eigenvalue weighted by Crippen LogP contribution is 2.27. The first kappa shape index (κ1) is 20.1. The van der Waals surface area contributed by atoms with E-state index in [0.29, 0.717) is 17.7 Å². The Bertz CT molecular complexity index is 823. The van der Waals surface area contributed by atoms with E-state index in [2.05, 4.69) is 34.9 Å². The van der Waals surface area contributed by atoms with Crippen molar-refractivity contribution in [3.63, 3.8) is 0 Å². The lowest BCUT2D eigenvalue weighted by Crippen LogP contribution is -2.37. The zero-order valence-corrected chi connectivity index (χ0v) is 17.7. The van der Waals surface area contributed by atoms with Gasteiger partial charge in [0.05, 0.1) is 0 Å². The Balaban J connectivity index is 1.47. The van der Waals surface area contributed by atoms with Gasteiger partial charge in [-0.05, 0) is 62.6 Å². The van der Waals surface area contributed by atoms with E-state index in [9.17, 15) is 4.79 Å². The van der Waals surface area contributed by atoms with Crippen LogP contribution in [0.1, 0.15) is 60.4 Å². The number of amides is 1. The van der Waals surface area contributed by atoms with Crippen LogP contribution < -0.4 is 5.32 Å². The third-order valence-electron chi connectivity index (χ3n) is 6.05. The molecule has 1 aliphatic carbocycles. The largest absolute Gasteiger partial charge is 0.337 e. The van der Waals surface area contributed by atoms with E-state index in [1.165, 1.54) is 16.8 Å². The Kier molecular flexibility index (Phi) is 6.28. The summed E-state index contributed by atoms with van der Waals surface area (Å²) in [5, 5.41) is 8.54. The normalized spacial score (nSPS) is 19.0. The van der Waals surface area contributed by atoms with Crippen molar-refractivity contribution in [3.8, 4) is 0 Å². The topological polar surface area (TPSA) is 63.1 Å². The van der Waals surface area contributed by atoms with Crippen LogP contribution in [0.15, 0.2) is 24.5 Å². The van der Waals surface area contributed by atoms with Crippen molar-refractivity contribution >= 4 is 5.91 Å². The molecule has 0 aromatic carbocycles. The van der Waals surface area contributed by atoms with Gasteiger partial charge in [0.25, 0.3) is 5.91 Å². The molecular formula is C23H33N5O. The Hall–Kier alpha value is -2.21. The molecule has 3 heterocycles. The van der Waals surface area contributed by atoms with Crippen molar-refractivity contribution in [2.45, 2.75) is 65.0 Å². The molecular weight excluding hydrogens is 362 g/mol. The van der Waals surface area contributed by atoms with Gasteiger partial charge >= 0.3 is 0 Å². The standard InChI is InChI=1S/C23H33N5O/c1-17(2)16-28-21-8-7-19(25-11-9-18-6-5-10-24-15-18)14-20(21)22(26-28)23(29)27-12-3-4-13-27/h5-6,10,15,17,19,25H,3-4,7-9,11-14,16H2,1-2H3. The van der Waals surface area contributed by atoms with Gasteiger partial charge in [-0.25, -0.2) is 0 Å². The lowest BCUT2D eigenvalue weighted by atomic mass is 9.90. The molecule has 1 unspecified atom stereocenters. The molecule has 0 spiro atoms. The molecule has 2 aliphatic rings. The van der Waals surface area contributed by atoms with E-state index in [1.54, 1.807) is 0 Å². The molecule has 0 radical (unpaired) electrons. The summed E-state index contributed by atoms with van der Waals surface area (Å²) in [6, 6.07) is 4.51. The Labute approximate surface area is 173 Å². The molecule has 156 valence electrons. The molecule has 1 saturated heterocycles. The summed E-state index contributed by atoms with van der Waals surface area (Å²) in [6.07, 6.45) is 9.93. The minimum absolute atomic E-state index is 0.136. The van der Waals surface area contributed by atoms with Crippen molar-refractivity contribution in [1.29, 1.82) is 0 Å². The number of carbonyl (C=O) groups is 1. The predicted octanol–water partition coefficient (Wildman–Crippen LogP) is 2.86. The quantitative estimate of drug-likeness (QED) is 0.783. The van der Waals surface area contributed by atoms with Crippen LogP contribution >= 0.6 is 0 Å². The van der Waals surface area contributed by atoms with Gasteiger partial charge < -0.3 is 10.2 Å². The number of hydrogen-bond donors (Lipinski definition) is 1. The second-order valence-corrected chi connectivity index (χ2v) is 8.85. The highest BCUT2D eigenvalue weighted by atomic mass is 16.2. The van der Waals surface area contributed by atoms with E-state index >= 15 is 0 Å². The number of fused-ring (bicyclic) bond motifs is 1.